The van der Waals surface area contributed by atoms with Crippen LogP contribution in [0.2, 0.25) is 0 Å². The molecule has 12 heteroatoms. The van der Waals surface area contributed by atoms with Gasteiger partial charge < -0.3 is 24.6 Å². The lowest BCUT2D eigenvalue weighted by atomic mass is 10.2. The van der Waals surface area contributed by atoms with E-state index >= 15 is 0 Å². The molecule has 2 heterocycles. The molecule has 0 atom stereocenters. The molecule has 0 spiro atoms. The van der Waals surface area contributed by atoms with Gasteiger partial charge in [0.15, 0.2) is 0 Å². The van der Waals surface area contributed by atoms with Crippen LogP contribution in [0.15, 0.2) is 41.0 Å². The molecule has 3 rings (SSSR count). The van der Waals surface area contributed by atoms with Gasteiger partial charge in [0.05, 0.1) is 10.0 Å². The first-order chi connectivity index (χ1) is 15.8. The summed E-state index contributed by atoms with van der Waals surface area (Å²) in [5, 5.41) is 2.66. The van der Waals surface area contributed by atoms with Crippen molar-refractivity contribution in [3.05, 3.63) is 46.6 Å². The Labute approximate surface area is 209 Å². The van der Waals surface area contributed by atoms with Crippen LogP contribution in [-0.2, 0) is 4.74 Å². The standard InChI is InChI=1S/C22H24BrClF2N4O4/c1-21(2,3)34-20(32)30-10-8-29(9-11-30)18-17(23)12-14(13-27-18)19(31)28-15-4-6-16(7-5-15)33-22(24,25)26/h4-7,12-13H,8-11H2,1-3H3,(H,28,31). The first kappa shape index (κ1) is 26.0. The van der Waals surface area contributed by atoms with Gasteiger partial charge in [-0.2, -0.15) is 0 Å². The molecule has 2 aromatic rings. The summed E-state index contributed by atoms with van der Waals surface area (Å²) in [6, 6.07) is 7.00. The largest absolute Gasteiger partial charge is 0.487 e. The van der Waals surface area contributed by atoms with Gasteiger partial charge in [0, 0.05) is 49.7 Å². The van der Waals surface area contributed by atoms with E-state index in [4.69, 9.17) is 16.3 Å². The van der Waals surface area contributed by atoms with Gasteiger partial charge in [-0.05, 0) is 67.0 Å². The predicted molar refractivity (Wildman–Crippen MR) is 128 cm³/mol. The van der Waals surface area contributed by atoms with E-state index in [0.29, 0.717) is 47.7 Å². The smallest absolute Gasteiger partial charge is 0.444 e. The van der Waals surface area contributed by atoms with Crippen LogP contribution < -0.4 is 15.0 Å². The zero-order valence-electron chi connectivity index (χ0n) is 18.8. The van der Waals surface area contributed by atoms with Gasteiger partial charge >= 0.3 is 11.7 Å². The number of piperazine rings is 1. The number of ether oxygens (including phenoxy) is 2. The number of rotatable bonds is 5. The number of halogens is 4. The topological polar surface area (TPSA) is 84.0 Å². The Hall–Kier alpha value is -2.66. The first-order valence-corrected chi connectivity index (χ1v) is 11.5. The van der Waals surface area contributed by atoms with Gasteiger partial charge in [-0.1, -0.05) is 0 Å². The van der Waals surface area contributed by atoms with Crippen LogP contribution in [0.4, 0.5) is 25.1 Å². The molecule has 1 aromatic heterocycles. The molecule has 34 heavy (non-hydrogen) atoms. The molecule has 184 valence electrons. The number of aromatic nitrogens is 1. The van der Waals surface area contributed by atoms with Gasteiger partial charge in [-0.15, -0.1) is 8.78 Å². The zero-order valence-corrected chi connectivity index (χ0v) is 21.1. The van der Waals surface area contributed by atoms with E-state index in [9.17, 15) is 18.4 Å². The van der Waals surface area contributed by atoms with Crippen LogP contribution >= 0.6 is 27.5 Å². The normalized spacial score (nSPS) is 14.6. The number of benzene rings is 1. The number of alkyl halides is 3. The number of carbonyl (C=O) groups excluding carboxylic acids is 2. The van der Waals surface area contributed by atoms with Crippen molar-refractivity contribution in [1.29, 1.82) is 0 Å². The summed E-state index contributed by atoms with van der Waals surface area (Å²) in [7, 11) is 0. The average molecular weight is 562 g/mol. The Kier molecular flexibility index (Phi) is 7.87. The molecule has 0 bridgehead atoms. The van der Waals surface area contributed by atoms with E-state index in [1.54, 1.807) is 11.0 Å². The van der Waals surface area contributed by atoms with Crippen LogP contribution in [0.25, 0.3) is 0 Å². The van der Waals surface area contributed by atoms with Crippen molar-refractivity contribution in [2.75, 3.05) is 36.4 Å². The van der Waals surface area contributed by atoms with Crippen molar-refractivity contribution >= 4 is 51.0 Å². The van der Waals surface area contributed by atoms with Crippen molar-refractivity contribution in [2.45, 2.75) is 31.9 Å². The summed E-state index contributed by atoms with van der Waals surface area (Å²) in [6.45, 7) is 7.57. The molecule has 1 aliphatic rings. The average Bonchev–Trinajstić information content (AvgIpc) is 2.73. The van der Waals surface area contributed by atoms with Crippen LogP contribution in [-0.4, -0.2) is 59.2 Å². The lowest BCUT2D eigenvalue weighted by molar-refractivity contribution is -0.0964. The molecule has 0 unspecified atom stereocenters. The summed E-state index contributed by atoms with van der Waals surface area (Å²) in [6.07, 6.45) is 1.10. The lowest BCUT2D eigenvalue weighted by Gasteiger charge is -2.36. The summed E-state index contributed by atoms with van der Waals surface area (Å²) < 4.78 is 35.7. The third kappa shape index (κ3) is 7.42. The molecule has 0 aliphatic carbocycles. The molecule has 1 saturated heterocycles. The molecule has 0 radical (unpaired) electrons. The fourth-order valence-corrected chi connectivity index (χ4v) is 3.85. The number of hydrogen-bond acceptors (Lipinski definition) is 6. The van der Waals surface area contributed by atoms with Crippen molar-refractivity contribution < 1.29 is 27.8 Å². The number of pyridine rings is 1. The summed E-state index contributed by atoms with van der Waals surface area (Å²) in [4.78, 5) is 32.9. The Morgan fingerprint density at radius 2 is 1.74 bits per heavy atom. The van der Waals surface area contributed by atoms with Crippen LogP contribution in [0.5, 0.6) is 5.75 Å². The second-order valence-electron chi connectivity index (χ2n) is 8.51. The number of hydrogen-bond donors (Lipinski definition) is 1. The minimum absolute atomic E-state index is 0.140. The highest BCUT2D eigenvalue weighted by atomic mass is 79.9. The molecule has 8 nitrogen and oxygen atoms in total. The molecular weight excluding hydrogens is 538 g/mol. The molecule has 1 fully saturated rings. The monoisotopic (exact) mass is 560 g/mol. The summed E-state index contributed by atoms with van der Waals surface area (Å²) in [5.41, 5.74) is -3.68. The number of nitrogens with zero attached hydrogens (tertiary/aromatic N) is 3. The number of nitrogens with one attached hydrogen (secondary N) is 1. The highest BCUT2D eigenvalue weighted by molar-refractivity contribution is 9.10. The van der Waals surface area contributed by atoms with Crippen LogP contribution in [0.3, 0.4) is 0 Å². The Bertz CT molecular complexity index is 1040. The molecule has 1 N–H and O–H groups in total. The van der Waals surface area contributed by atoms with E-state index in [1.807, 2.05) is 25.7 Å². The highest BCUT2D eigenvalue weighted by Gasteiger charge is 2.28. The van der Waals surface area contributed by atoms with Gasteiger partial charge in [0.1, 0.15) is 17.2 Å². The van der Waals surface area contributed by atoms with Crippen molar-refractivity contribution in [3.8, 4) is 5.75 Å². The lowest BCUT2D eigenvalue weighted by Crippen LogP contribution is -2.50. The van der Waals surface area contributed by atoms with Crippen molar-refractivity contribution in [2.24, 2.45) is 0 Å². The Morgan fingerprint density at radius 1 is 1.12 bits per heavy atom. The fraction of sp³-hybridized carbons (Fsp3) is 0.409. The van der Waals surface area contributed by atoms with Gasteiger partial charge in [0.25, 0.3) is 5.91 Å². The van der Waals surface area contributed by atoms with Gasteiger partial charge in [0.2, 0.25) is 0 Å². The first-order valence-electron chi connectivity index (χ1n) is 10.4. The second-order valence-corrected chi connectivity index (χ2v) is 9.80. The van der Waals surface area contributed by atoms with Crippen molar-refractivity contribution in [3.63, 3.8) is 0 Å². The maximum atomic E-state index is 12.7. The number of anilines is 2. The van der Waals surface area contributed by atoms with E-state index in [0.717, 1.165) is 0 Å². The Balaban J connectivity index is 1.59. The summed E-state index contributed by atoms with van der Waals surface area (Å²) in [5.74, 6) is 0.0910. The number of carbonyl (C=O) groups is 2. The zero-order chi connectivity index (χ0) is 25.1. The SMILES string of the molecule is CC(C)(C)OC(=O)N1CCN(c2ncc(C(=O)Nc3ccc(OC(F)(F)Cl)cc3)cc2Br)CC1. The molecule has 2 amide bonds. The maximum Gasteiger partial charge on any atom is 0.487 e. The van der Waals surface area contributed by atoms with Crippen molar-refractivity contribution in [1.82, 2.24) is 9.88 Å². The van der Waals surface area contributed by atoms with Crippen LogP contribution in [0.1, 0.15) is 31.1 Å². The van der Waals surface area contributed by atoms with E-state index in [-0.39, 0.29) is 11.8 Å². The molecule has 0 saturated carbocycles. The molecule has 1 aliphatic heterocycles. The van der Waals surface area contributed by atoms with Crippen LogP contribution in [0, 0.1) is 0 Å². The van der Waals surface area contributed by atoms with E-state index < -0.39 is 17.1 Å². The van der Waals surface area contributed by atoms with Gasteiger partial charge in [-0.3, -0.25) is 4.79 Å². The molecule has 1 aromatic carbocycles. The minimum atomic E-state index is -3.81. The minimum Gasteiger partial charge on any atom is -0.444 e. The molecular formula is C22H24BrClF2N4O4. The Morgan fingerprint density at radius 3 is 2.26 bits per heavy atom. The fourth-order valence-electron chi connectivity index (χ4n) is 3.16. The third-order valence-corrected chi connectivity index (χ3v) is 5.32. The summed E-state index contributed by atoms with van der Waals surface area (Å²) >= 11 is 8.20. The third-order valence-electron chi connectivity index (χ3n) is 4.66. The maximum absolute atomic E-state index is 12.7. The second kappa shape index (κ2) is 10.3. The van der Waals surface area contributed by atoms with E-state index in [2.05, 4.69) is 31.0 Å². The van der Waals surface area contributed by atoms with E-state index in [1.165, 1.54) is 30.5 Å². The number of amides is 2. The highest BCUT2D eigenvalue weighted by Crippen LogP contribution is 2.28. The predicted octanol–water partition coefficient (Wildman–Crippen LogP) is 5.32. The van der Waals surface area contributed by atoms with Gasteiger partial charge in [-0.25, -0.2) is 9.78 Å². The quantitative estimate of drug-likeness (QED) is 0.498.